The topological polar surface area (TPSA) is 12.0 Å². The summed E-state index contributed by atoms with van der Waals surface area (Å²) in [5, 5.41) is 3.12. The summed E-state index contributed by atoms with van der Waals surface area (Å²) in [7, 11) is 0. The molecule has 0 saturated carbocycles. The molecular formula is C14H18F3N. The van der Waals surface area contributed by atoms with Gasteiger partial charge in [-0.05, 0) is 18.5 Å². The van der Waals surface area contributed by atoms with Crippen LogP contribution in [0.15, 0.2) is 42.5 Å². The van der Waals surface area contributed by atoms with E-state index in [1.165, 1.54) is 6.08 Å². The van der Waals surface area contributed by atoms with Crippen molar-refractivity contribution < 1.29 is 13.2 Å². The number of nitrogens with one attached hydrogen (secondary N) is 1. The van der Waals surface area contributed by atoms with Crippen LogP contribution >= 0.6 is 0 Å². The summed E-state index contributed by atoms with van der Waals surface area (Å²) < 4.78 is 36.6. The van der Waals surface area contributed by atoms with E-state index in [0.29, 0.717) is 12.6 Å². The maximum atomic E-state index is 12.2. The number of alkyl halides is 3. The van der Waals surface area contributed by atoms with Gasteiger partial charge in [-0.3, -0.25) is 0 Å². The van der Waals surface area contributed by atoms with Crippen molar-refractivity contribution in [3.05, 3.63) is 48.0 Å². The molecule has 0 radical (unpaired) electrons. The molecule has 0 amide bonds. The van der Waals surface area contributed by atoms with Crippen LogP contribution in [0, 0.1) is 0 Å². The van der Waals surface area contributed by atoms with Crippen LogP contribution in [0.3, 0.4) is 0 Å². The summed E-state index contributed by atoms with van der Waals surface area (Å²) in [4.78, 5) is 0. The molecular weight excluding hydrogens is 239 g/mol. The van der Waals surface area contributed by atoms with Crippen LogP contribution in [0.1, 0.15) is 31.4 Å². The monoisotopic (exact) mass is 257 g/mol. The summed E-state index contributed by atoms with van der Waals surface area (Å²) in [6.07, 6.45) is -0.839. The molecule has 0 aliphatic carbocycles. The van der Waals surface area contributed by atoms with E-state index in [1.54, 1.807) is 0 Å². The van der Waals surface area contributed by atoms with E-state index >= 15 is 0 Å². The smallest absolute Gasteiger partial charge is 0.307 e. The first-order valence-corrected chi connectivity index (χ1v) is 6.07. The first-order chi connectivity index (χ1) is 8.53. The van der Waals surface area contributed by atoms with Gasteiger partial charge >= 0.3 is 6.18 Å². The fourth-order valence-electron chi connectivity index (χ4n) is 1.60. The number of benzene rings is 1. The Hall–Kier alpha value is -1.29. The molecule has 1 N–H and O–H groups in total. The molecule has 1 atom stereocenters. The molecule has 0 aliphatic heterocycles. The maximum Gasteiger partial charge on any atom is 0.409 e. The van der Waals surface area contributed by atoms with Gasteiger partial charge in [-0.25, -0.2) is 0 Å². The zero-order valence-corrected chi connectivity index (χ0v) is 10.4. The van der Waals surface area contributed by atoms with Gasteiger partial charge in [-0.2, -0.15) is 13.2 Å². The minimum absolute atomic E-state index is 0.295. The third-order valence-corrected chi connectivity index (χ3v) is 2.53. The van der Waals surface area contributed by atoms with E-state index in [4.69, 9.17) is 0 Å². The molecule has 1 rings (SSSR count). The summed E-state index contributed by atoms with van der Waals surface area (Å²) in [6, 6.07) is 8.75. The minimum Gasteiger partial charge on any atom is -0.307 e. The lowest BCUT2D eigenvalue weighted by Crippen LogP contribution is -2.21. The summed E-state index contributed by atoms with van der Waals surface area (Å²) in [5.41, 5.74) is 0.842. The largest absolute Gasteiger partial charge is 0.409 e. The number of hydrogen-bond acceptors (Lipinski definition) is 1. The highest BCUT2D eigenvalue weighted by atomic mass is 19.4. The normalized spacial score (nSPS) is 14.0. The zero-order valence-electron chi connectivity index (χ0n) is 10.4. The van der Waals surface area contributed by atoms with Crippen molar-refractivity contribution in [3.8, 4) is 0 Å². The second-order valence-corrected chi connectivity index (χ2v) is 4.10. The van der Waals surface area contributed by atoms with Crippen LogP contribution in [-0.4, -0.2) is 12.7 Å². The quantitative estimate of drug-likeness (QED) is 0.594. The van der Waals surface area contributed by atoms with Crippen LogP contribution in [0.5, 0.6) is 0 Å². The Labute approximate surface area is 106 Å². The van der Waals surface area contributed by atoms with Crippen molar-refractivity contribution in [2.24, 2.45) is 0 Å². The second kappa shape index (κ2) is 7.21. The third kappa shape index (κ3) is 5.87. The Morgan fingerprint density at radius 3 is 2.44 bits per heavy atom. The highest BCUT2D eigenvalue weighted by Crippen LogP contribution is 2.20. The summed E-state index contributed by atoms with van der Waals surface area (Å²) in [6.45, 7) is 2.75. The number of unbranched alkanes of at least 4 members (excludes halogenated alkanes) is 1. The molecule has 0 bridgehead atoms. The molecule has 1 aromatic carbocycles. The maximum absolute atomic E-state index is 12.2. The van der Waals surface area contributed by atoms with Crippen molar-refractivity contribution >= 4 is 0 Å². The molecule has 18 heavy (non-hydrogen) atoms. The second-order valence-electron chi connectivity index (χ2n) is 4.10. The van der Waals surface area contributed by atoms with E-state index in [1.807, 2.05) is 37.3 Å². The molecule has 0 aliphatic rings. The fourth-order valence-corrected chi connectivity index (χ4v) is 1.60. The molecule has 0 spiro atoms. The number of hydrogen-bond donors (Lipinski definition) is 1. The predicted octanol–water partition coefficient (Wildman–Crippen LogP) is 4.24. The van der Waals surface area contributed by atoms with Gasteiger partial charge in [0.05, 0.1) is 6.04 Å². The Kier molecular flexibility index (Phi) is 5.92. The van der Waals surface area contributed by atoms with E-state index in [2.05, 4.69) is 5.32 Å². The lowest BCUT2D eigenvalue weighted by atomic mass is 10.1. The van der Waals surface area contributed by atoms with Crippen molar-refractivity contribution in [3.63, 3.8) is 0 Å². The van der Waals surface area contributed by atoms with Gasteiger partial charge in [0.2, 0.25) is 0 Å². The molecule has 1 unspecified atom stereocenters. The van der Waals surface area contributed by atoms with Crippen molar-refractivity contribution in [2.45, 2.75) is 32.0 Å². The van der Waals surface area contributed by atoms with Crippen LogP contribution in [0.4, 0.5) is 13.2 Å². The fraction of sp³-hybridized carbons (Fsp3) is 0.429. The van der Waals surface area contributed by atoms with E-state index in [0.717, 1.165) is 18.4 Å². The zero-order chi connectivity index (χ0) is 13.4. The van der Waals surface area contributed by atoms with Crippen molar-refractivity contribution in [1.29, 1.82) is 0 Å². The van der Waals surface area contributed by atoms with Crippen LogP contribution < -0.4 is 5.32 Å². The molecule has 1 nitrogen and oxygen atoms in total. The molecule has 100 valence electrons. The van der Waals surface area contributed by atoms with Gasteiger partial charge in [-0.1, -0.05) is 49.8 Å². The highest BCUT2D eigenvalue weighted by molar-refractivity contribution is 5.23. The highest BCUT2D eigenvalue weighted by Gasteiger charge is 2.22. The van der Waals surface area contributed by atoms with Gasteiger partial charge in [0.25, 0.3) is 0 Å². The van der Waals surface area contributed by atoms with E-state index in [9.17, 15) is 13.2 Å². The Morgan fingerprint density at radius 1 is 1.22 bits per heavy atom. The standard InChI is InChI=1S/C14H18F3N/c1-2-3-11-18-13(9-10-14(15,16)17)12-7-5-4-6-8-12/h4-10,13,18H,2-3,11H2,1H3/b10-9+. The lowest BCUT2D eigenvalue weighted by molar-refractivity contribution is -0.0801. The van der Waals surface area contributed by atoms with Gasteiger partial charge in [-0.15, -0.1) is 0 Å². The Bertz CT molecular complexity index is 357. The van der Waals surface area contributed by atoms with Gasteiger partial charge in [0.15, 0.2) is 0 Å². The summed E-state index contributed by atoms with van der Waals surface area (Å²) in [5.74, 6) is 0. The molecule has 0 fully saturated rings. The Morgan fingerprint density at radius 2 is 1.89 bits per heavy atom. The van der Waals surface area contributed by atoms with Crippen LogP contribution in [0.25, 0.3) is 0 Å². The van der Waals surface area contributed by atoms with Crippen molar-refractivity contribution in [2.75, 3.05) is 6.54 Å². The van der Waals surface area contributed by atoms with Gasteiger partial charge in [0.1, 0.15) is 0 Å². The van der Waals surface area contributed by atoms with Gasteiger partial charge in [0, 0.05) is 6.08 Å². The minimum atomic E-state index is -4.26. The lowest BCUT2D eigenvalue weighted by Gasteiger charge is -2.15. The van der Waals surface area contributed by atoms with Crippen molar-refractivity contribution in [1.82, 2.24) is 5.32 Å². The first kappa shape index (κ1) is 14.8. The first-order valence-electron chi connectivity index (χ1n) is 6.07. The number of rotatable bonds is 6. The number of allylic oxidation sites excluding steroid dienone is 1. The predicted molar refractivity (Wildman–Crippen MR) is 67.3 cm³/mol. The molecule has 0 aromatic heterocycles. The SMILES string of the molecule is CCCCNC(/C=C/C(F)(F)F)c1ccccc1. The van der Waals surface area contributed by atoms with E-state index in [-0.39, 0.29) is 6.04 Å². The summed E-state index contributed by atoms with van der Waals surface area (Å²) >= 11 is 0. The molecule has 0 heterocycles. The molecule has 0 saturated heterocycles. The Balaban J connectivity index is 2.72. The van der Waals surface area contributed by atoms with Crippen LogP contribution in [-0.2, 0) is 0 Å². The van der Waals surface area contributed by atoms with Gasteiger partial charge < -0.3 is 5.32 Å². The van der Waals surface area contributed by atoms with E-state index < -0.39 is 6.18 Å². The third-order valence-electron chi connectivity index (χ3n) is 2.53. The average Bonchev–Trinajstić information content (AvgIpc) is 2.33. The number of halogens is 3. The molecule has 4 heteroatoms. The average molecular weight is 257 g/mol. The van der Waals surface area contributed by atoms with Crippen LogP contribution in [0.2, 0.25) is 0 Å². The molecule has 1 aromatic rings.